The van der Waals surface area contributed by atoms with E-state index in [0.29, 0.717) is 23.4 Å². The standard InChI is InChI=1S/C20H23N3O3S/c1-14(24)21-16-8-10-17(11-9-16)22-20(26)18(12-13-27-2)23-19(25)15-6-4-3-5-7-15/h3-11,18H,12-13H2,1-2H3,(H,21,24)(H,22,26)(H,23,25)/t18-/m1/s1. The van der Waals surface area contributed by atoms with Crippen LogP contribution in [0.1, 0.15) is 23.7 Å². The molecule has 0 bridgehead atoms. The van der Waals surface area contributed by atoms with E-state index in [-0.39, 0.29) is 17.7 Å². The molecule has 7 heteroatoms. The highest BCUT2D eigenvalue weighted by Gasteiger charge is 2.21. The van der Waals surface area contributed by atoms with Crippen molar-refractivity contribution in [2.24, 2.45) is 0 Å². The first kappa shape index (κ1) is 20.5. The summed E-state index contributed by atoms with van der Waals surface area (Å²) in [5.74, 6) is 0.0280. The van der Waals surface area contributed by atoms with E-state index >= 15 is 0 Å². The summed E-state index contributed by atoms with van der Waals surface area (Å²) in [5.41, 5.74) is 1.76. The second kappa shape index (κ2) is 10.4. The SMILES string of the molecule is CSCC[C@@H](NC(=O)c1ccccc1)C(=O)Nc1ccc(NC(C)=O)cc1. The number of carbonyl (C=O) groups is 3. The predicted octanol–water partition coefficient (Wildman–Crippen LogP) is 3.14. The summed E-state index contributed by atoms with van der Waals surface area (Å²) in [4.78, 5) is 36.1. The molecule has 0 heterocycles. The highest BCUT2D eigenvalue weighted by Crippen LogP contribution is 2.14. The molecule has 0 radical (unpaired) electrons. The first-order chi connectivity index (χ1) is 13.0. The molecule has 0 spiro atoms. The van der Waals surface area contributed by atoms with Crippen molar-refractivity contribution in [2.75, 3.05) is 22.6 Å². The van der Waals surface area contributed by atoms with Gasteiger partial charge in [-0.2, -0.15) is 11.8 Å². The zero-order chi connectivity index (χ0) is 19.6. The van der Waals surface area contributed by atoms with Crippen LogP contribution in [0.2, 0.25) is 0 Å². The largest absolute Gasteiger partial charge is 0.340 e. The van der Waals surface area contributed by atoms with Crippen molar-refractivity contribution in [1.29, 1.82) is 0 Å². The first-order valence-electron chi connectivity index (χ1n) is 8.53. The summed E-state index contributed by atoms with van der Waals surface area (Å²) in [6.45, 7) is 1.43. The molecular weight excluding hydrogens is 362 g/mol. The lowest BCUT2D eigenvalue weighted by molar-refractivity contribution is -0.118. The van der Waals surface area contributed by atoms with Crippen molar-refractivity contribution < 1.29 is 14.4 Å². The van der Waals surface area contributed by atoms with E-state index in [0.717, 1.165) is 5.75 Å². The van der Waals surface area contributed by atoms with Crippen LogP contribution in [0.15, 0.2) is 54.6 Å². The van der Waals surface area contributed by atoms with E-state index in [1.807, 2.05) is 12.3 Å². The maximum atomic E-state index is 12.6. The molecule has 0 aromatic heterocycles. The van der Waals surface area contributed by atoms with Crippen LogP contribution in [0, 0.1) is 0 Å². The molecule has 0 aliphatic heterocycles. The quantitative estimate of drug-likeness (QED) is 0.651. The Balaban J connectivity index is 2.03. The molecule has 2 rings (SSSR count). The number of benzene rings is 2. The smallest absolute Gasteiger partial charge is 0.251 e. The fraction of sp³-hybridized carbons (Fsp3) is 0.250. The Hall–Kier alpha value is -2.80. The summed E-state index contributed by atoms with van der Waals surface area (Å²) in [5, 5.41) is 8.29. The van der Waals surface area contributed by atoms with Crippen LogP contribution in [-0.4, -0.2) is 35.8 Å². The summed E-state index contributed by atoms with van der Waals surface area (Å²) in [6, 6.07) is 15.0. The molecule has 27 heavy (non-hydrogen) atoms. The van der Waals surface area contributed by atoms with Crippen molar-refractivity contribution >= 4 is 40.9 Å². The number of thioether (sulfide) groups is 1. The van der Waals surface area contributed by atoms with E-state index in [1.165, 1.54) is 6.92 Å². The van der Waals surface area contributed by atoms with Crippen molar-refractivity contribution in [3.8, 4) is 0 Å². The van der Waals surface area contributed by atoms with Gasteiger partial charge in [0.15, 0.2) is 0 Å². The van der Waals surface area contributed by atoms with E-state index in [2.05, 4.69) is 16.0 Å². The molecule has 0 aliphatic rings. The topological polar surface area (TPSA) is 87.3 Å². The van der Waals surface area contributed by atoms with Gasteiger partial charge >= 0.3 is 0 Å². The summed E-state index contributed by atoms with van der Waals surface area (Å²) >= 11 is 1.61. The fourth-order valence-electron chi connectivity index (χ4n) is 2.41. The first-order valence-corrected chi connectivity index (χ1v) is 9.92. The van der Waals surface area contributed by atoms with Gasteiger partial charge in [-0.15, -0.1) is 0 Å². The molecule has 2 aromatic rings. The van der Waals surface area contributed by atoms with Crippen molar-refractivity contribution in [3.63, 3.8) is 0 Å². The monoisotopic (exact) mass is 385 g/mol. The Labute approximate surface area is 163 Å². The van der Waals surface area contributed by atoms with Gasteiger partial charge in [0.25, 0.3) is 5.91 Å². The van der Waals surface area contributed by atoms with Crippen LogP contribution in [0.3, 0.4) is 0 Å². The van der Waals surface area contributed by atoms with Gasteiger partial charge in [0.05, 0.1) is 0 Å². The summed E-state index contributed by atoms with van der Waals surface area (Å²) in [6.07, 6.45) is 2.48. The average molecular weight is 385 g/mol. The predicted molar refractivity (Wildman–Crippen MR) is 110 cm³/mol. The molecular formula is C20H23N3O3S. The van der Waals surface area contributed by atoms with Gasteiger partial charge < -0.3 is 16.0 Å². The molecule has 0 saturated carbocycles. The van der Waals surface area contributed by atoms with Gasteiger partial charge in [0, 0.05) is 23.9 Å². The van der Waals surface area contributed by atoms with Crippen molar-refractivity contribution in [2.45, 2.75) is 19.4 Å². The minimum absolute atomic E-state index is 0.160. The molecule has 6 nitrogen and oxygen atoms in total. The van der Waals surface area contributed by atoms with Gasteiger partial charge in [-0.25, -0.2) is 0 Å². The molecule has 1 atom stereocenters. The Morgan fingerprint density at radius 1 is 0.926 bits per heavy atom. The Morgan fingerprint density at radius 3 is 2.07 bits per heavy atom. The van der Waals surface area contributed by atoms with Crippen LogP contribution in [0.5, 0.6) is 0 Å². The summed E-state index contributed by atoms with van der Waals surface area (Å²) in [7, 11) is 0. The summed E-state index contributed by atoms with van der Waals surface area (Å²) < 4.78 is 0. The normalized spacial score (nSPS) is 11.3. The highest BCUT2D eigenvalue weighted by atomic mass is 32.2. The molecule has 0 fully saturated rings. The number of rotatable bonds is 8. The molecule has 142 valence electrons. The molecule has 3 amide bonds. The second-order valence-electron chi connectivity index (χ2n) is 5.92. The van der Waals surface area contributed by atoms with Crippen LogP contribution < -0.4 is 16.0 Å². The zero-order valence-electron chi connectivity index (χ0n) is 15.3. The number of hydrogen-bond acceptors (Lipinski definition) is 4. The van der Waals surface area contributed by atoms with Gasteiger partial charge in [0.2, 0.25) is 11.8 Å². The van der Waals surface area contributed by atoms with E-state index in [1.54, 1.807) is 60.3 Å². The molecule has 0 aliphatic carbocycles. The number of amides is 3. The molecule has 2 aromatic carbocycles. The maximum Gasteiger partial charge on any atom is 0.251 e. The van der Waals surface area contributed by atoms with Gasteiger partial charge in [0.1, 0.15) is 6.04 Å². The third kappa shape index (κ3) is 6.79. The minimum Gasteiger partial charge on any atom is -0.340 e. The Kier molecular flexibility index (Phi) is 7.88. The minimum atomic E-state index is -0.639. The fourth-order valence-corrected chi connectivity index (χ4v) is 2.88. The Morgan fingerprint density at radius 2 is 1.52 bits per heavy atom. The Bertz CT molecular complexity index is 779. The lowest BCUT2D eigenvalue weighted by Crippen LogP contribution is -2.44. The lowest BCUT2D eigenvalue weighted by atomic mass is 10.1. The van der Waals surface area contributed by atoms with Crippen molar-refractivity contribution in [1.82, 2.24) is 5.32 Å². The van der Waals surface area contributed by atoms with Crippen LogP contribution in [0.25, 0.3) is 0 Å². The van der Waals surface area contributed by atoms with E-state index in [9.17, 15) is 14.4 Å². The number of hydrogen-bond donors (Lipinski definition) is 3. The van der Waals surface area contributed by atoms with Gasteiger partial charge in [-0.05, 0) is 54.8 Å². The van der Waals surface area contributed by atoms with Gasteiger partial charge in [-0.1, -0.05) is 18.2 Å². The molecule has 0 unspecified atom stereocenters. The third-order valence-corrected chi connectivity index (χ3v) is 4.39. The van der Waals surface area contributed by atoms with Crippen LogP contribution in [-0.2, 0) is 9.59 Å². The van der Waals surface area contributed by atoms with Gasteiger partial charge in [-0.3, -0.25) is 14.4 Å². The lowest BCUT2D eigenvalue weighted by Gasteiger charge is -2.18. The van der Waals surface area contributed by atoms with E-state index < -0.39 is 6.04 Å². The maximum absolute atomic E-state index is 12.6. The number of carbonyl (C=O) groups excluding carboxylic acids is 3. The number of nitrogens with one attached hydrogen (secondary N) is 3. The van der Waals surface area contributed by atoms with E-state index in [4.69, 9.17) is 0 Å². The van der Waals surface area contributed by atoms with Crippen LogP contribution in [0.4, 0.5) is 11.4 Å². The molecule has 3 N–H and O–H groups in total. The number of anilines is 2. The van der Waals surface area contributed by atoms with Crippen LogP contribution >= 0.6 is 11.8 Å². The average Bonchev–Trinajstić information content (AvgIpc) is 2.66. The molecule has 0 saturated heterocycles. The van der Waals surface area contributed by atoms with Crippen molar-refractivity contribution in [3.05, 3.63) is 60.2 Å². The highest BCUT2D eigenvalue weighted by molar-refractivity contribution is 7.98. The zero-order valence-corrected chi connectivity index (χ0v) is 16.1. The third-order valence-electron chi connectivity index (χ3n) is 3.74. The second-order valence-corrected chi connectivity index (χ2v) is 6.91.